The lowest BCUT2D eigenvalue weighted by Crippen LogP contribution is -1.99. The smallest absolute Gasteiger partial charge is 0.331 e. The van der Waals surface area contributed by atoms with Gasteiger partial charge in [0.1, 0.15) is 0 Å². The van der Waals surface area contributed by atoms with Gasteiger partial charge in [0.15, 0.2) is 0 Å². The number of hydrogen-bond donors (Lipinski definition) is 1. The number of rotatable bonds is 5. The molecule has 15 heavy (non-hydrogen) atoms. The maximum atomic E-state index is 10.7. The molecular formula is C10H14N2O2S. The van der Waals surface area contributed by atoms with E-state index in [1.54, 1.807) is 28.7 Å². The molecular weight excluding hydrogens is 212 g/mol. The largest absolute Gasteiger partial charge is 0.478 e. The van der Waals surface area contributed by atoms with Gasteiger partial charge in [-0.25, -0.2) is 4.79 Å². The third-order valence-electron chi connectivity index (χ3n) is 1.92. The second-order valence-electron chi connectivity index (χ2n) is 3.05. The SMILES string of the molecule is CCC(=CCSc1cnn(C)c1)C(=O)O. The van der Waals surface area contributed by atoms with Crippen LogP contribution in [0.5, 0.6) is 0 Å². The van der Waals surface area contributed by atoms with E-state index in [0.29, 0.717) is 17.7 Å². The molecule has 0 aromatic carbocycles. The molecule has 1 rings (SSSR count). The first kappa shape index (κ1) is 11.8. The zero-order chi connectivity index (χ0) is 11.3. The predicted molar refractivity (Wildman–Crippen MR) is 59.9 cm³/mol. The van der Waals surface area contributed by atoms with E-state index >= 15 is 0 Å². The van der Waals surface area contributed by atoms with Gasteiger partial charge in [-0.3, -0.25) is 4.68 Å². The highest BCUT2D eigenvalue weighted by atomic mass is 32.2. The molecule has 0 amide bonds. The molecule has 0 unspecified atom stereocenters. The minimum absolute atomic E-state index is 0.464. The molecule has 0 radical (unpaired) electrons. The Hall–Kier alpha value is -1.23. The van der Waals surface area contributed by atoms with Gasteiger partial charge in [-0.2, -0.15) is 5.10 Å². The average molecular weight is 226 g/mol. The molecule has 0 atom stereocenters. The van der Waals surface area contributed by atoms with Crippen LogP contribution in [0.4, 0.5) is 0 Å². The lowest BCUT2D eigenvalue weighted by molar-refractivity contribution is -0.132. The van der Waals surface area contributed by atoms with Crippen LogP contribution >= 0.6 is 11.8 Å². The van der Waals surface area contributed by atoms with Crippen LogP contribution in [0.2, 0.25) is 0 Å². The van der Waals surface area contributed by atoms with Crippen LogP contribution in [0, 0.1) is 0 Å². The molecule has 5 heteroatoms. The molecule has 0 saturated carbocycles. The fourth-order valence-electron chi connectivity index (χ4n) is 1.09. The van der Waals surface area contributed by atoms with Crippen molar-refractivity contribution < 1.29 is 9.90 Å². The van der Waals surface area contributed by atoms with Crippen LogP contribution < -0.4 is 0 Å². The van der Waals surface area contributed by atoms with Gasteiger partial charge in [-0.1, -0.05) is 13.0 Å². The monoisotopic (exact) mass is 226 g/mol. The van der Waals surface area contributed by atoms with Crippen molar-refractivity contribution in [3.63, 3.8) is 0 Å². The van der Waals surface area contributed by atoms with E-state index in [-0.39, 0.29) is 0 Å². The zero-order valence-corrected chi connectivity index (χ0v) is 9.62. The maximum Gasteiger partial charge on any atom is 0.331 e. The molecule has 0 bridgehead atoms. The van der Waals surface area contributed by atoms with Gasteiger partial charge < -0.3 is 5.11 Å². The summed E-state index contributed by atoms with van der Waals surface area (Å²) in [4.78, 5) is 11.7. The van der Waals surface area contributed by atoms with E-state index in [9.17, 15) is 4.79 Å². The molecule has 1 heterocycles. The van der Waals surface area contributed by atoms with Crippen LogP contribution in [-0.4, -0.2) is 26.6 Å². The van der Waals surface area contributed by atoms with E-state index in [1.165, 1.54) is 0 Å². The summed E-state index contributed by atoms with van der Waals surface area (Å²) in [6, 6.07) is 0. The molecule has 0 aliphatic rings. The molecule has 1 aromatic rings. The van der Waals surface area contributed by atoms with Gasteiger partial charge in [-0.15, -0.1) is 11.8 Å². The molecule has 0 saturated heterocycles. The zero-order valence-electron chi connectivity index (χ0n) is 8.80. The van der Waals surface area contributed by atoms with Crippen LogP contribution in [0.3, 0.4) is 0 Å². The van der Waals surface area contributed by atoms with Crippen LogP contribution in [0.25, 0.3) is 0 Å². The second-order valence-corrected chi connectivity index (χ2v) is 4.14. The number of thioether (sulfide) groups is 1. The van der Waals surface area contributed by atoms with Crippen molar-refractivity contribution in [1.82, 2.24) is 9.78 Å². The van der Waals surface area contributed by atoms with Gasteiger partial charge in [-0.05, 0) is 6.42 Å². The first-order valence-corrected chi connectivity index (χ1v) is 5.65. The Morgan fingerprint density at radius 2 is 2.47 bits per heavy atom. The van der Waals surface area contributed by atoms with Gasteiger partial charge in [0.25, 0.3) is 0 Å². The summed E-state index contributed by atoms with van der Waals surface area (Å²) in [5, 5.41) is 12.8. The van der Waals surface area contributed by atoms with Crippen molar-refractivity contribution in [3.05, 3.63) is 24.0 Å². The Bertz CT molecular complexity index is 371. The summed E-state index contributed by atoms with van der Waals surface area (Å²) >= 11 is 1.58. The number of aryl methyl sites for hydroxylation is 1. The Labute approximate surface area is 93.0 Å². The van der Waals surface area contributed by atoms with Crippen molar-refractivity contribution in [1.29, 1.82) is 0 Å². The number of aliphatic carboxylic acids is 1. The maximum absolute atomic E-state index is 10.7. The standard InChI is InChI=1S/C10H14N2O2S/c1-3-8(10(13)14)4-5-15-9-6-11-12(2)7-9/h4,6-7H,3,5H2,1-2H3,(H,13,14). The number of carboxylic acid groups (broad SMARTS) is 1. The Morgan fingerprint density at radius 3 is 2.93 bits per heavy atom. The van der Waals surface area contributed by atoms with Crippen LogP contribution in [0.1, 0.15) is 13.3 Å². The fraction of sp³-hybridized carbons (Fsp3) is 0.400. The minimum Gasteiger partial charge on any atom is -0.478 e. The van der Waals surface area contributed by atoms with E-state index in [1.807, 2.05) is 20.2 Å². The molecule has 0 fully saturated rings. The molecule has 0 spiro atoms. The molecule has 0 aliphatic carbocycles. The van der Waals surface area contributed by atoms with E-state index < -0.39 is 5.97 Å². The van der Waals surface area contributed by atoms with Gasteiger partial charge in [0, 0.05) is 29.5 Å². The molecule has 82 valence electrons. The van der Waals surface area contributed by atoms with Crippen molar-refractivity contribution in [2.45, 2.75) is 18.2 Å². The fourth-order valence-corrected chi connectivity index (χ4v) is 1.92. The third-order valence-corrected chi connectivity index (χ3v) is 2.79. The highest BCUT2D eigenvalue weighted by Crippen LogP contribution is 2.17. The summed E-state index contributed by atoms with van der Waals surface area (Å²) in [5.74, 6) is -0.162. The Balaban J connectivity index is 2.47. The number of nitrogens with zero attached hydrogens (tertiary/aromatic N) is 2. The van der Waals surface area contributed by atoms with Gasteiger partial charge in [0.05, 0.1) is 6.20 Å². The summed E-state index contributed by atoms with van der Waals surface area (Å²) in [6.07, 6.45) is 5.98. The van der Waals surface area contributed by atoms with Crippen molar-refractivity contribution in [3.8, 4) is 0 Å². The third kappa shape index (κ3) is 3.79. The van der Waals surface area contributed by atoms with Crippen LogP contribution in [0.15, 0.2) is 28.9 Å². The van der Waals surface area contributed by atoms with E-state index in [2.05, 4.69) is 5.10 Å². The summed E-state index contributed by atoms with van der Waals surface area (Å²) in [5.41, 5.74) is 0.464. The normalized spacial score (nSPS) is 11.7. The minimum atomic E-state index is -0.829. The van der Waals surface area contributed by atoms with Crippen molar-refractivity contribution in [2.24, 2.45) is 7.05 Å². The average Bonchev–Trinajstić information content (AvgIpc) is 2.58. The molecule has 4 nitrogen and oxygen atoms in total. The number of aromatic nitrogens is 2. The highest BCUT2D eigenvalue weighted by Gasteiger charge is 2.03. The van der Waals surface area contributed by atoms with Crippen molar-refractivity contribution in [2.75, 3.05) is 5.75 Å². The summed E-state index contributed by atoms with van der Waals surface area (Å²) in [6.45, 7) is 1.84. The van der Waals surface area contributed by atoms with Gasteiger partial charge in [0.2, 0.25) is 0 Å². The molecule has 0 aliphatic heterocycles. The lowest BCUT2D eigenvalue weighted by Gasteiger charge is -1.97. The lowest BCUT2D eigenvalue weighted by atomic mass is 10.2. The number of carboxylic acids is 1. The predicted octanol–water partition coefficient (Wildman–Crippen LogP) is 1.93. The molecule has 1 aromatic heterocycles. The quantitative estimate of drug-likeness (QED) is 0.615. The van der Waals surface area contributed by atoms with Crippen molar-refractivity contribution >= 4 is 17.7 Å². The van der Waals surface area contributed by atoms with E-state index in [4.69, 9.17) is 5.11 Å². The highest BCUT2D eigenvalue weighted by molar-refractivity contribution is 7.99. The summed E-state index contributed by atoms with van der Waals surface area (Å²) < 4.78 is 1.73. The number of hydrogen-bond acceptors (Lipinski definition) is 3. The number of carbonyl (C=O) groups is 1. The molecule has 1 N–H and O–H groups in total. The first-order valence-electron chi connectivity index (χ1n) is 4.67. The van der Waals surface area contributed by atoms with Crippen LogP contribution in [-0.2, 0) is 11.8 Å². The Kier molecular flexibility index (Phi) is 4.42. The topological polar surface area (TPSA) is 55.1 Å². The van der Waals surface area contributed by atoms with Gasteiger partial charge >= 0.3 is 5.97 Å². The second kappa shape index (κ2) is 5.60. The first-order chi connectivity index (χ1) is 7.13. The summed E-state index contributed by atoms with van der Waals surface area (Å²) in [7, 11) is 1.86. The van der Waals surface area contributed by atoms with E-state index in [0.717, 1.165) is 4.90 Å². The Morgan fingerprint density at radius 1 is 1.73 bits per heavy atom.